The van der Waals surface area contributed by atoms with Crippen LogP contribution < -0.4 is 0 Å². The molecule has 0 aliphatic heterocycles. The van der Waals surface area contributed by atoms with Gasteiger partial charge in [-0.1, -0.05) is 45.0 Å². The molecule has 1 nitrogen and oxygen atoms in total. The molecule has 0 spiro atoms. The van der Waals surface area contributed by atoms with Crippen LogP contribution in [0.1, 0.15) is 64.0 Å². The maximum atomic E-state index is 4.65. The summed E-state index contributed by atoms with van der Waals surface area (Å²) in [5.74, 6) is 0.984. The van der Waals surface area contributed by atoms with E-state index >= 15 is 0 Å². The number of aromatic nitrogens is 1. The first-order chi connectivity index (χ1) is 11.0. The largest absolute Gasteiger partial charge is 0.256 e. The molecule has 2 aliphatic carbocycles. The van der Waals surface area contributed by atoms with Crippen molar-refractivity contribution in [1.29, 1.82) is 0 Å². The first kappa shape index (κ1) is 14.9. The molecular formula is C22H27N. The monoisotopic (exact) mass is 305 g/mol. The molecule has 1 heterocycles. The maximum Gasteiger partial charge on any atom is 0.0704 e. The molecule has 2 aliphatic rings. The molecule has 0 amide bonds. The average molecular weight is 305 g/mol. The van der Waals surface area contributed by atoms with Gasteiger partial charge in [-0.25, -0.2) is 0 Å². The molecular weight excluding hydrogens is 278 g/mol. The second-order valence-electron chi connectivity index (χ2n) is 8.68. The lowest BCUT2D eigenvalue weighted by atomic mass is 9.77. The maximum absolute atomic E-state index is 4.65. The second-order valence-corrected chi connectivity index (χ2v) is 8.68. The van der Waals surface area contributed by atoms with E-state index in [9.17, 15) is 0 Å². The zero-order valence-electron chi connectivity index (χ0n) is 14.6. The summed E-state index contributed by atoms with van der Waals surface area (Å²) in [5, 5.41) is 0. The van der Waals surface area contributed by atoms with Gasteiger partial charge in [0.2, 0.25) is 0 Å². The van der Waals surface area contributed by atoms with Crippen molar-refractivity contribution in [2.24, 2.45) is 5.92 Å². The fourth-order valence-corrected chi connectivity index (χ4v) is 4.66. The molecule has 23 heavy (non-hydrogen) atoms. The number of benzene rings is 1. The Morgan fingerprint density at radius 1 is 1.00 bits per heavy atom. The molecule has 0 radical (unpaired) electrons. The number of pyridine rings is 1. The van der Waals surface area contributed by atoms with E-state index in [0.717, 1.165) is 11.6 Å². The van der Waals surface area contributed by atoms with Crippen molar-refractivity contribution >= 4 is 0 Å². The third-order valence-corrected chi connectivity index (χ3v) is 6.16. The number of nitrogens with zero attached hydrogens (tertiary/aromatic N) is 1. The molecule has 1 heteroatoms. The first-order valence-corrected chi connectivity index (χ1v) is 9.04. The molecule has 2 fully saturated rings. The molecule has 2 bridgehead atoms. The van der Waals surface area contributed by atoms with Gasteiger partial charge in [-0.15, -0.1) is 0 Å². The third-order valence-electron chi connectivity index (χ3n) is 6.16. The minimum absolute atomic E-state index is 0.204. The van der Waals surface area contributed by atoms with Crippen LogP contribution in [0.3, 0.4) is 0 Å². The standard InChI is InChI=1S/C22H27N/c1-21(2,3)18-6-4-17(5-7-18)20-14-19(10-13-23-20)22-11-8-16(15-22)9-12-22/h4-7,10,13-14,16H,8-9,11-12,15H2,1-3H3. The summed E-state index contributed by atoms with van der Waals surface area (Å²) in [6.45, 7) is 6.78. The highest BCUT2D eigenvalue weighted by Gasteiger charge is 2.45. The fourth-order valence-electron chi connectivity index (χ4n) is 4.66. The molecule has 2 saturated carbocycles. The van der Waals surface area contributed by atoms with Gasteiger partial charge in [-0.05, 0) is 72.1 Å². The summed E-state index contributed by atoms with van der Waals surface area (Å²) in [6.07, 6.45) is 9.03. The predicted octanol–water partition coefficient (Wildman–Crippen LogP) is 5.88. The molecule has 0 saturated heterocycles. The van der Waals surface area contributed by atoms with E-state index in [1.54, 1.807) is 0 Å². The average Bonchev–Trinajstić information content (AvgIpc) is 3.17. The Hall–Kier alpha value is -1.63. The summed E-state index contributed by atoms with van der Waals surface area (Å²) in [6, 6.07) is 13.6. The van der Waals surface area contributed by atoms with Crippen LogP contribution in [0.2, 0.25) is 0 Å². The van der Waals surface area contributed by atoms with Crippen LogP contribution >= 0.6 is 0 Å². The molecule has 1 aromatic heterocycles. The van der Waals surface area contributed by atoms with Crippen LogP contribution in [0.4, 0.5) is 0 Å². The molecule has 4 rings (SSSR count). The van der Waals surface area contributed by atoms with Crippen molar-refractivity contribution in [2.45, 2.75) is 63.7 Å². The zero-order chi connectivity index (χ0) is 16.1. The van der Waals surface area contributed by atoms with E-state index in [2.05, 4.69) is 62.2 Å². The quantitative estimate of drug-likeness (QED) is 0.675. The van der Waals surface area contributed by atoms with E-state index in [1.165, 1.54) is 48.8 Å². The fraction of sp³-hybridized carbons (Fsp3) is 0.500. The lowest BCUT2D eigenvalue weighted by molar-refractivity contribution is 0.419. The van der Waals surface area contributed by atoms with Crippen LogP contribution in [0, 0.1) is 5.92 Å². The summed E-state index contributed by atoms with van der Waals surface area (Å²) >= 11 is 0. The Morgan fingerprint density at radius 2 is 1.70 bits per heavy atom. The topological polar surface area (TPSA) is 12.9 Å². The Morgan fingerprint density at radius 3 is 2.26 bits per heavy atom. The van der Waals surface area contributed by atoms with Gasteiger partial charge < -0.3 is 0 Å². The van der Waals surface area contributed by atoms with Gasteiger partial charge in [0.1, 0.15) is 0 Å². The highest BCUT2D eigenvalue weighted by molar-refractivity contribution is 5.61. The lowest BCUT2D eigenvalue weighted by Crippen LogP contribution is -2.19. The summed E-state index contributed by atoms with van der Waals surface area (Å²) in [7, 11) is 0. The Kier molecular flexibility index (Phi) is 3.37. The van der Waals surface area contributed by atoms with Crippen molar-refractivity contribution < 1.29 is 0 Å². The van der Waals surface area contributed by atoms with E-state index in [-0.39, 0.29) is 5.41 Å². The molecule has 0 N–H and O–H groups in total. The third kappa shape index (κ3) is 2.60. The number of rotatable bonds is 2. The van der Waals surface area contributed by atoms with E-state index in [4.69, 9.17) is 0 Å². The first-order valence-electron chi connectivity index (χ1n) is 9.04. The predicted molar refractivity (Wildman–Crippen MR) is 96.6 cm³/mol. The molecule has 2 aromatic rings. The van der Waals surface area contributed by atoms with Crippen molar-refractivity contribution in [2.75, 3.05) is 0 Å². The lowest BCUT2D eigenvalue weighted by Gasteiger charge is -2.27. The van der Waals surface area contributed by atoms with Gasteiger partial charge >= 0.3 is 0 Å². The van der Waals surface area contributed by atoms with E-state index < -0.39 is 0 Å². The molecule has 0 unspecified atom stereocenters. The normalized spacial score (nSPS) is 26.7. The number of fused-ring (bicyclic) bond motifs is 2. The van der Waals surface area contributed by atoms with Crippen LogP contribution in [-0.2, 0) is 10.8 Å². The minimum Gasteiger partial charge on any atom is -0.256 e. The molecule has 120 valence electrons. The van der Waals surface area contributed by atoms with Gasteiger partial charge in [0.25, 0.3) is 0 Å². The number of hydrogen-bond acceptors (Lipinski definition) is 1. The van der Waals surface area contributed by atoms with Gasteiger partial charge in [-0.3, -0.25) is 4.98 Å². The summed E-state index contributed by atoms with van der Waals surface area (Å²) < 4.78 is 0. The molecule has 1 aromatic carbocycles. The Balaban J connectivity index is 1.66. The summed E-state index contributed by atoms with van der Waals surface area (Å²) in [4.78, 5) is 4.65. The van der Waals surface area contributed by atoms with Crippen LogP contribution in [0.25, 0.3) is 11.3 Å². The van der Waals surface area contributed by atoms with Crippen molar-refractivity contribution in [1.82, 2.24) is 4.98 Å². The SMILES string of the molecule is CC(C)(C)c1ccc(-c2cc(C34CCC(CC3)C4)ccn2)cc1. The Bertz CT molecular complexity index is 697. The smallest absolute Gasteiger partial charge is 0.0704 e. The van der Waals surface area contributed by atoms with Gasteiger partial charge in [0, 0.05) is 11.8 Å². The van der Waals surface area contributed by atoms with Crippen molar-refractivity contribution in [3.63, 3.8) is 0 Å². The minimum atomic E-state index is 0.204. The second kappa shape index (κ2) is 5.19. The van der Waals surface area contributed by atoms with Crippen LogP contribution in [0.5, 0.6) is 0 Å². The summed E-state index contributed by atoms with van der Waals surface area (Å²) in [5.41, 5.74) is 5.95. The van der Waals surface area contributed by atoms with Gasteiger partial charge in [0.15, 0.2) is 0 Å². The Labute approximate surface area is 140 Å². The molecule has 0 atom stereocenters. The van der Waals surface area contributed by atoms with Crippen LogP contribution in [0.15, 0.2) is 42.6 Å². The highest BCUT2D eigenvalue weighted by Crippen LogP contribution is 2.55. The van der Waals surface area contributed by atoms with Crippen molar-refractivity contribution in [3.8, 4) is 11.3 Å². The van der Waals surface area contributed by atoms with Gasteiger partial charge in [-0.2, -0.15) is 0 Å². The number of hydrogen-bond donors (Lipinski definition) is 0. The zero-order valence-corrected chi connectivity index (χ0v) is 14.6. The highest BCUT2D eigenvalue weighted by atomic mass is 14.7. The van der Waals surface area contributed by atoms with Crippen molar-refractivity contribution in [3.05, 3.63) is 53.7 Å². The van der Waals surface area contributed by atoms with E-state index in [0.29, 0.717) is 5.41 Å². The van der Waals surface area contributed by atoms with E-state index in [1.807, 2.05) is 6.20 Å². The van der Waals surface area contributed by atoms with Gasteiger partial charge in [0.05, 0.1) is 5.69 Å². The van der Waals surface area contributed by atoms with Crippen LogP contribution in [-0.4, -0.2) is 4.98 Å².